The summed E-state index contributed by atoms with van der Waals surface area (Å²) in [5, 5.41) is 0. The zero-order valence-corrected chi connectivity index (χ0v) is 18.6. The maximum absolute atomic E-state index is 13.1. The van der Waals surface area contributed by atoms with Gasteiger partial charge in [-0.1, -0.05) is 0 Å². The van der Waals surface area contributed by atoms with Crippen molar-refractivity contribution in [3.05, 3.63) is 35.6 Å². The van der Waals surface area contributed by atoms with E-state index in [0.29, 0.717) is 18.7 Å². The van der Waals surface area contributed by atoms with Crippen molar-refractivity contribution in [3.8, 4) is 0 Å². The molecular formula is C23H33FN2O4. The lowest BCUT2D eigenvalue weighted by molar-refractivity contribution is -0.0635. The number of halogens is 1. The highest BCUT2D eigenvalue weighted by Gasteiger charge is 2.46. The molecule has 0 spiro atoms. The molecule has 0 aliphatic carbocycles. The molecule has 7 heteroatoms. The largest absolute Gasteiger partial charge is 0.444 e. The van der Waals surface area contributed by atoms with E-state index >= 15 is 0 Å². The monoisotopic (exact) mass is 420 g/mol. The molecule has 2 fully saturated rings. The summed E-state index contributed by atoms with van der Waals surface area (Å²) in [6, 6.07) is 5.67. The van der Waals surface area contributed by atoms with Crippen molar-refractivity contribution in [2.45, 2.75) is 64.8 Å². The Hall–Kier alpha value is -1.99. The van der Waals surface area contributed by atoms with Crippen LogP contribution >= 0.6 is 0 Å². The minimum atomic E-state index is -0.718. The first kappa shape index (κ1) is 22.7. The number of ketones is 1. The van der Waals surface area contributed by atoms with Gasteiger partial charge in [-0.3, -0.25) is 9.69 Å². The quantitative estimate of drug-likeness (QED) is 0.687. The number of hydrogen-bond acceptors (Lipinski definition) is 5. The van der Waals surface area contributed by atoms with Gasteiger partial charge in [0.15, 0.2) is 5.78 Å². The minimum Gasteiger partial charge on any atom is -0.444 e. The van der Waals surface area contributed by atoms with Gasteiger partial charge in [0.25, 0.3) is 0 Å². The summed E-state index contributed by atoms with van der Waals surface area (Å²) in [6.45, 7) is 12.0. The van der Waals surface area contributed by atoms with Crippen LogP contribution in [0.4, 0.5) is 9.18 Å². The molecule has 0 N–H and O–H groups in total. The van der Waals surface area contributed by atoms with Gasteiger partial charge in [-0.2, -0.15) is 0 Å². The molecule has 0 unspecified atom stereocenters. The SMILES string of the molecule is CC(C)(C)OC(=O)N1[C@@H](CN2CCC(C(=O)c3ccc(F)cc3)CC2)COC1(C)C. The van der Waals surface area contributed by atoms with Crippen LogP contribution in [0.1, 0.15) is 57.8 Å². The normalized spacial score (nSPS) is 22.9. The lowest BCUT2D eigenvalue weighted by atomic mass is 9.88. The fourth-order valence-electron chi connectivity index (χ4n) is 4.22. The van der Waals surface area contributed by atoms with Crippen LogP contribution in [0.25, 0.3) is 0 Å². The smallest absolute Gasteiger partial charge is 0.412 e. The highest BCUT2D eigenvalue weighted by molar-refractivity contribution is 5.97. The zero-order valence-electron chi connectivity index (χ0n) is 18.6. The van der Waals surface area contributed by atoms with Crippen molar-refractivity contribution < 1.29 is 23.5 Å². The van der Waals surface area contributed by atoms with Gasteiger partial charge in [0.05, 0.1) is 12.6 Å². The molecule has 1 aromatic rings. The molecule has 1 amide bonds. The number of Topliss-reactive ketones (excluding diaryl/α,β-unsaturated/α-hetero) is 1. The fourth-order valence-corrected chi connectivity index (χ4v) is 4.22. The predicted molar refractivity (Wildman–Crippen MR) is 112 cm³/mol. The topological polar surface area (TPSA) is 59.1 Å². The number of ether oxygens (including phenoxy) is 2. The first-order chi connectivity index (χ1) is 14.0. The summed E-state index contributed by atoms with van der Waals surface area (Å²) in [5.41, 5.74) is -0.722. The molecule has 1 atom stereocenters. The Kier molecular flexibility index (Phi) is 6.53. The van der Waals surface area contributed by atoms with Gasteiger partial charge in [-0.15, -0.1) is 0 Å². The van der Waals surface area contributed by atoms with Crippen LogP contribution in [-0.4, -0.2) is 65.3 Å². The Morgan fingerprint density at radius 1 is 1.17 bits per heavy atom. The second kappa shape index (κ2) is 8.63. The molecule has 0 saturated carbocycles. The number of amides is 1. The maximum Gasteiger partial charge on any atom is 0.412 e. The molecule has 2 saturated heterocycles. The van der Waals surface area contributed by atoms with E-state index in [9.17, 15) is 14.0 Å². The van der Waals surface area contributed by atoms with E-state index in [1.807, 2.05) is 34.6 Å². The number of hydrogen-bond donors (Lipinski definition) is 0. The molecule has 2 aliphatic heterocycles. The van der Waals surface area contributed by atoms with Gasteiger partial charge in [0, 0.05) is 18.0 Å². The number of piperidine rings is 1. The first-order valence-electron chi connectivity index (χ1n) is 10.6. The van der Waals surface area contributed by atoms with Crippen molar-refractivity contribution in [3.63, 3.8) is 0 Å². The molecular weight excluding hydrogens is 387 g/mol. The van der Waals surface area contributed by atoms with Crippen LogP contribution in [-0.2, 0) is 9.47 Å². The van der Waals surface area contributed by atoms with Crippen LogP contribution < -0.4 is 0 Å². The van der Waals surface area contributed by atoms with Gasteiger partial charge in [0.1, 0.15) is 17.1 Å². The standard InChI is InChI=1S/C23H33FN2O4/c1-22(2,3)30-21(28)26-19(15-29-23(26,4)5)14-25-12-10-17(11-13-25)20(27)16-6-8-18(24)9-7-16/h6-9,17,19H,10-15H2,1-5H3/t19-/m0/s1. The molecule has 3 rings (SSSR count). The highest BCUT2D eigenvalue weighted by Crippen LogP contribution is 2.31. The summed E-state index contributed by atoms with van der Waals surface area (Å²) in [7, 11) is 0. The van der Waals surface area contributed by atoms with Crippen molar-refractivity contribution in [1.29, 1.82) is 0 Å². The van der Waals surface area contributed by atoms with E-state index in [2.05, 4.69) is 4.90 Å². The van der Waals surface area contributed by atoms with Crippen molar-refractivity contribution in [2.75, 3.05) is 26.2 Å². The zero-order chi connectivity index (χ0) is 22.1. The van der Waals surface area contributed by atoms with Crippen LogP contribution in [0.5, 0.6) is 0 Å². The first-order valence-corrected chi connectivity index (χ1v) is 10.6. The fraction of sp³-hybridized carbons (Fsp3) is 0.652. The molecule has 0 aromatic heterocycles. The maximum atomic E-state index is 13.1. The molecule has 30 heavy (non-hydrogen) atoms. The number of likely N-dealkylation sites (tertiary alicyclic amines) is 1. The average Bonchev–Trinajstić information content (AvgIpc) is 2.95. The van der Waals surface area contributed by atoms with Gasteiger partial charge in [-0.25, -0.2) is 9.18 Å². The third-order valence-corrected chi connectivity index (χ3v) is 5.72. The number of carbonyl (C=O) groups excluding carboxylic acids is 2. The number of benzene rings is 1. The van der Waals surface area contributed by atoms with E-state index in [-0.39, 0.29) is 29.7 Å². The Balaban J connectivity index is 1.57. The van der Waals surface area contributed by atoms with Gasteiger partial charge < -0.3 is 14.4 Å². The molecule has 0 bridgehead atoms. The minimum absolute atomic E-state index is 0.0510. The van der Waals surface area contributed by atoms with E-state index in [1.165, 1.54) is 12.1 Å². The molecule has 6 nitrogen and oxygen atoms in total. The molecule has 2 aliphatic rings. The third-order valence-electron chi connectivity index (χ3n) is 5.72. The third kappa shape index (κ3) is 5.38. The van der Waals surface area contributed by atoms with Gasteiger partial charge >= 0.3 is 6.09 Å². The van der Waals surface area contributed by atoms with Crippen LogP contribution in [0.15, 0.2) is 24.3 Å². The van der Waals surface area contributed by atoms with Crippen LogP contribution in [0.3, 0.4) is 0 Å². The van der Waals surface area contributed by atoms with E-state index in [4.69, 9.17) is 9.47 Å². The van der Waals surface area contributed by atoms with E-state index in [1.54, 1.807) is 17.0 Å². The van der Waals surface area contributed by atoms with Crippen molar-refractivity contribution in [2.24, 2.45) is 5.92 Å². The Morgan fingerprint density at radius 2 is 1.77 bits per heavy atom. The Morgan fingerprint density at radius 3 is 2.33 bits per heavy atom. The summed E-state index contributed by atoms with van der Waals surface area (Å²) in [6.07, 6.45) is 1.13. The number of nitrogens with zero attached hydrogens (tertiary/aromatic N) is 2. The van der Waals surface area contributed by atoms with Crippen LogP contribution in [0, 0.1) is 11.7 Å². The second-order valence-corrected chi connectivity index (χ2v) is 9.71. The summed E-state index contributed by atoms with van der Waals surface area (Å²) < 4.78 is 24.6. The summed E-state index contributed by atoms with van der Waals surface area (Å²) in [4.78, 5) is 29.5. The lowest BCUT2D eigenvalue weighted by Gasteiger charge is -2.38. The number of rotatable bonds is 4. The van der Waals surface area contributed by atoms with Crippen molar-refractivity contribution >= 4 is 11.9 Å². The molecule has 166 valence electrons. The van der Waals surface area contributed by atoms with Gasteiger partial charge in [0.2, 0.25) is 0 Å². The van der Waals surface area contributed by atoms with Gasteiger partial charge in [-0.05, 0) is 84.8 Å². The van der Waals surface area contributed by atoms with E-state index in [0.717, 1.165) is 25.9 Å². The Labute approximate surface area is 178 Å². The van der Waals surface area contributed by atoms with Crippen molar-refractivity contribution in [1.82, 2.24) is 9.80 Å². The molecule has 2 heterocycles. The summed E-state index contributed by atoms with van der Waals surface area (Å²) in [5.74, 6) is -0.307. The average molecular weight is 421 g/mol. The highest BCUT2D eigenvalue weighted by atomic mass is 19.1. The lowest BCUT2D eigenvalue weighted by Crippen LogP contribution is -2.53. The predicted octanol–water partition coefficient (Wildman–Crippen LogP) is 4.09. The van der Waals surface area contributed by atoms with E-state index < -0.39 is 11.3 Å². The Bertz CT molecular complexity index is 764. The number of carbonyl (C=O) groups is 2. The molecule has 1 aromatic carbocycles. The molecule has 0 radical (unpaired) electrons. The van der Waals surface area contributed by atoms with Crippen LogP contribution in [0.2, 0.25) is 0 Å². The summed E-state index contributed by atoms with van der Waals surface area (Å²) >= 11 is 0. The second-order valence-electron chi connectivity index (χ2n) is 9.71.